The third kappa shape index (κ3) is 6.02. The van der Waals surface area contributed by atoms with Crippen LogP contribution in [0.5, 0.6) is 0 Å². The lowest BCUT2D eigenvalue weighted by molar-refractivity contribution is 0.205. The number of guanidine groups is 1. The molecule has 1 aromatic carbocycles. The highest BCUT2D eigenvalue weighted by molar-refractivity contribution is 14.0. The van der Waals surface area contributed by atoms with E-state index in [1.165, 1.54) is 5.56 Å². The lowest BCUT2D eigenvalue weighted by Gasteiger charge is -2.30. The number of piperidine rings is 1. The molecule has 6 nitrogen and oxygen atoms in total. The molecule has 0 atom stereocenters. The highest BCUT2D eigenvalue weighted by atomic mass is 127. The predicted molar refractivity (Wildman–Crippen MR) is 111 cm³/mol. The minimum atomic E-state index is -4.48. The van der Waals surface area contributed by atoms with Crippen molar-refractivity contribution in [1.29, 1.82) is 0 Å². The van der Waals surface area contributed by atoms with Gasteiger partial charge < -0.3 is 11.1 Å². The van der Waals surface area contributed by atoms with Crippen molar-refractivity contribution in [2.75, 3.05) is 25.0 Å². The molecule has 2 rings (SSSR count). The number of aryl methyl sites for hydroxylation is 2. The zero-order valence-corrected chi connectivity index (χ0v) is 17.9. The van der Waals surface area contributed by atoms with Gasteiger partial charge in [-0.1, -0.05) is 6.07 Å². The van der Waals surface area contributed by atoms with Gasteiger partial charge in [0.05, 0.1) is 0 Å². The summed E-state index contributed by atoms with van der Waals surface area (Å²) < 4.78 is 48.8. The molecule has 0 unspecified atom stereocenters. The van der Waals surface area contributed by atoms with Gasteiger partial charge in [-0.25, -0.2) is 8.42 Å². The van der Waals surface area contributed by atoms with Crippen molar-refractivity contribution in [2.24, 2.45) is 16.6 Å². The lowest BCUT2D eigenvalue weighted by Crippen LogP contribution is -2.41. The molecule has 10 heteroatoms. The molecule has 1 saturated heterocycles. The molecule has 0 aliphatic carbocycles. The summed E-state index contributed by atoms with van der Waals surface area (Å²) in [7, 11) is -4.48. The van der Waals surface area contributed by atoms with Crippen LogP contribution in [-0.4, -0.2) is 44.1 Å². The molecular formula is C16H25F2IN4O2S. The molecule has 0 spiro atoms. The van der Waals surface area contributed by atoms with E-state index >= 15 is 0 Å². The Morgan fingerprint density at radius 2 is 1.92 bits per heavy atom. The third-order valence-corrected chi connectivity index (χ3v) is 5.99. The Labute approximate surface area is 170 Å². The van der Waals surface area contributed by atoms with E-state index in [-0.39, 0.29) is 48.9 Å². The molecule has 0 amide bonds. The van der Waals surface area contributed by atoms with Gasteiger partial charge in [0.15, 0.2) is 5.96 Å². The van der Waals surface area contributed by atoms with Crippen LogP contribution in [0.3, 0.4) is 0 Å². The smallest absolute Gasteiger partial charge is 0.350 e. The fourth-order valence-electron chi connectivity index (χ4n) is 2.69. The minimum Gasteiger partial charge on any atom is -0.370 e. The first-order valence-corrected chi connectivity index (χ1v) is 9.62. The van der Waals surface area contributed by atoms with Gasteiger partial charge in [0.25, 0.3) is 10.0 Å². The molecule has 1 aliphatic rings. The standard InChI is InChI=1S/C16H24F2N4O2S.HI/c1-11-3-4-14(9-12(11)2)21-16(19)20-10-13-5-7-22(8-6-13)25(23,24)15(17)18;/h3-4,9,13,15H,5-8,10H2,1-2H3,(H3,19,20,21);1H. The summed E-state index contributed by atoms with van der Waals surface area (Å²) in [4.78, 5) is 4.28. The van der Waals surface area contributed by atoms with Crippen LogP contribution < -0.4 is 11.1 Å². The molecule has 148 valence electrons. The van der Waals surface area contributed by atoms with E-state index < -0.39 is 15.8 Å². The van der Waals surface area contributed by atoms with Crippen LogP contribution in [0.4, 0.5) is 14.5 Å². The predicted octanol–water partition coefficient (Wildman–Crippen LogP) is 2.91. The van der Waals surface area contributed by atoms with Crippen molar-refractivity contribution >= 4 is 45.6 Å². The van der Waals surface area contributed by atoms with E-state index in [0.29, 0.717) is 19.4 Å². The summed E-state index contributed by atoms with van der Waals surface area (Å²) in [6.07, 6.45) is 0.985. The van der Waals surface area contributed by atoms with Crippen LogP contribution in [0.25, 0.3) is 0 Å². The SMILES string of the molecule is Cc1ccc(NC(N)=NCC2CCN(S(=O)(=O)C(F)F)CC2)cc1C.I. The fraction of sp³-hybridized carbons (Fsp3) is 0.562. The van der Waals surface area contributed by atoms with Gasteiger partial charge in [0.1, 0.15) is 0 Å². The largest absolute Gasteiger partial charge is 0.370 e. The first-order valence-electron chi connectivity index (χ1n) is 8.11. The Morgan fingerprint density at radius 1 is 1.31 bits per heavy atom. The summed E-state index contributed by atoms with van der Waals surface area (Å²) in [6.45, 7) is 4.66. The molecule has 26 heavy (non-hydrogen) atoms. The first-order chi connectivity index (χ1) is 11.7. The van der Waals surface area contributed by atoms with Gasteiger partial charge in [0, 0.05) is 25.3 Å². The molecule has 0 saturated carbocycles. The van der Waals surface area contributed by atoms with Crippen molar-refractivity contribution in [1.82, 2.24) is 4.31 Å². The molecular weight excluding hydrogens is 477 g/mol. The van der Waals surface area contributed by atoms with E-state index in [0.717, 1.165) is 15.6 Å². The van der Waals surface area contributed by atoms with Gasteiger partial charge in [-0.15, -0.1) is 24.0 Å². The van der Waals surface area contributed by atoms with E-state index in [4.69, 9.17) is 5.73 Å². The van der Waals surface area contributed by atoms with Gasteiger partial charge in [0.2, 0.25) is 0 Å². The summed E-state index contributed by atoms with van der Waals surface area (Å²) in [6, 6.07) is 5.88. The summed E-state index contributed by atoms with van der Waals surface area (Å²) in [5, 5.41) is 3.02. The zero-order valence-electron chi connectivity index (χ0n) is 14.8. The molecule has 3 N–H and O–H groups in total. The second kappa shape index (κ2) is 9.79. The first kappa shape index (κ1) is 23.0. The number of sulfonamides is 1. The van der Waals surface area contributed by atoms with Crippen molar-refractivity contribution in [2.45, 2.75) is 32.4 Å². The minimum absolute atomic E-state index is 0. The zero-order chi connectivity index (χ0) is 18.6. The highest BCUT2D eigenvalue weighted by Crippen LogP contribution is 2.22. The van der Waals surface area contributed by atoms with E-state index in [1.54, 1.807) is 0 Å². The van der Waals surface area contributed by atoms with Crippen molar-refractivity contribution in [3.8, 4) is 0 Å². The van der Waals surface area contributed by atoms with E-state index in [2.05, 4.69) is 10.3 Å². The number of nitrogens with zero attached hydrogens (tertiary/aromatic N) is 2. The van der Waals surface area contributed by atoms with Crippen molar-refractivity contribution < 1.29 is 17.2 Å². The quantitative estimate of drug-likeness (QED) is 0.368. The number of anilines is 1. The van der Waals surface area contributed by atoms with E-state index in [1.807, 2.05) is 32.0 Å². The maximum atomic E-state index is 12.5. The highest BCUT2D eigenvalue weighted by Gasteiger charge is 2.34. The summed E-state index contributed by atoms with van der Waals surface area (Å²) in [5.41, 5.74) is 9.06. The average Bonchev–Trinajstić information content (AvgIpc) is 2.56. The Bertz CT molecular complexity index is 736. The summed E-state index contributed by atoms with van der Waals surface area (Å²) >= 11 is 0. The molecule has 0 bridgehead atoms. The number of halogens is 3. The number of alkyl halides is 2. The maximum absolute atomic E-state index is 12.5. The van der Waals surface area contributed by atoms with Gasteiger partial charge in [-0.3, -0.25) is 4.99 Å². The molecule has 0 radical (unpaired) electrons. The topological polar surface area (TPSA) is 87.8 Å². The van der Waals surface area contributed by atoms with Gasteiger partial charge >= 0.3 is 5.76 Å². The van der Waals surface area contributed by atoms with Crippen LogP contribution in [-0.2, 0) is 10.0 Å². The van der Waals surface area contributed by atoms with Crippen LogP contribution in [0, 0.1) is 19.8 Å². The number of nitrogens with two attached hydrogens (primary N) is 1. The Balaban J connectivity index is 0.00000338. The molecule has 1 heterocycles. The fourth-order valence-corrected chi connectivity index (χ4v) is 3.64. The van der Waals surface area contributed by atoms with Crippen LogP contribution in [0.15, 0.2) is 23.2 Å². The molecule has 1 aliphatic heterocycles. The molecule has 1 fully saturated rings. The molecule has 1 aromatic rings. The van der Waals surface area contributed by atoms with Crippen LogP contribution >= 0.6 is 24.0 Å². The normalized spacial score (nSPS) is 17.2. The monoisotopic (exact) mass is 502 g/mol. The average molecular weight is 502 g/mol. The van der Waals surface area contributed by atoms with Crippen molar-refractivity contribution in [3.05, 3.63) is 29.3 Å². The number of rotatable bonds is 5. The number of nitrogens with one attached hydrogen (secondary N) is 1. The summed E-state index contributed by atoms with van der Waals surface area (Å²) in [5.74, 6) is -2.95. The van der Waals surface area contributed by atoms with Gasteiger partial charge in [-0.2, -0.15) is 13.1 Å². The van der Waals surface area contributed by atoms with Crippen molar-refractivity contribution in [3.63, 3.8) is 0 Å². The number of hydrogen-bond acceptors (Lipinski definition) is 3. The third-order valence-electron chi connectivity index (χ3n) is 4.46. The number of benzene rings is 1. The maximum Gasteiger partial charge on any atom is 0.350 e. The number of aliphatic imine (C=N–C) groups is 1. The van der Waals surface area contributed by atoms with Crippen LogP contribution in [0.1, 0.15) is 24.0 Å². The Kier molecular flexibility index (Phi) is 8.67. The van der Waals surface area contributed by atoms with Gasteiger partial charge in [-0.05, 0) is 55.9 Å². The second-order valence-corrected chi connectivity index (χ2v) is 8.20. The second-order valence-electron chi connectivity index (χ2n) is 6.30. The number of hydrogen-bond donors (Lipinski definition) is 2. The lowest BCUT2D eigenvalue weighted by atomic mass is 9.98. The Hall–Kier alpha value is -1.01. The Morgan fingerprint density at radius 3 is 2.46 bits per heavy atom. The van der Waals surface area contributed by atoms with Crippen LogP contribution in [0.2, 0.25) is 0 Å². The van der Waals surface area contributed by atoms with E-state index in [9.17, 15) is 17.2 Å². The molecule has 0 aromatic heterocycles.